The lowest BCUT2D eigenvalue weighted by atomic mass is 10.0. The molecule has 0 saturated carbocycles. The van der Waals surface area contributed by atoms with E-state index in [1.165, 1.54) is 12.1 Å². The number of halogens is 1. The van der Waals surface area contributed by atoms with Crippen LogP contribution in [-0.4, -0.2) is 73.9 Å². The molecule has 0 radical (unpaired) electrons. The summed E-state index contributed by atoms with van der Waals surface area (Å²) < 4.78 is 10.9. The molecule has 2 rings (SSSR count). The van der Waals surface area contributed by atoms with Gasteiger partial charge >= 0.3 is 0 Å². The predicted octanol–water partition coefficient (Wildman–Crippen LogP) is 2.79. The molecule has 176 valence electrons. The molecular formula is C21H36IN5O4. The summed E-state index contributed by atoms with van der Waals surface area (Å²) in [6.07, 6.45) is 0.888. The number of nitrogens with one attached hydrogen (secondary N) is 2. The number of hydrogen-bond acceptors (Lipinski definition) is 6. The number of aliphatic imine (C=N–C) groups is 1. The number of benzene rings is 1. The highest BCUT2D eigenvalue weighted by molar-refractivity contribution is 14.0. The molecule has 1 fully saturated rings. The van der Waals surface area contributed by atoms with Crippen LogP contribution in [0.3, 0.4) is 0 Å². The van der Waals surface area contributed by atoms with Crippen molar-refractivity contribution in [3.05, 3.63) is 39.9 Å². The van der Waals surface area contributed by atoms with E-state index in [0.29, 0.717) is 19.8 Å². The van der Waals surface area contributed by atoms with E-state index in [4.69, 9.17) is 9.47 Å². The van der Waals surface area contributed by atoms with Gasteiger partial charge in [0.25, 0.3) is 5.69 Å². The minimum absolute atomic E-state index is 0. The summed E-state index contributed by atoms with van der Waals surface area (Å²) in [6.45, 7) is 13.2. The Morgan fingerprint density at radius 1 is 1.26 bits per heavy atom. The van der Waals surface area contributed by atoms with Crippen LogP contribution in [0.1, 0.15) is 32.8 Å². The van der Waals surface area contributed by atoms with Crippen molar-refractivity contribution >= 4 is 35.6 Å². The third-order valence-corrected chi connectivity index (χ3v) is 5.08. The van der Waals surface area contributed by atoms with E-state index in [9.17, 15) is 10.1 Å². The highest BCUT2D eigenvalue weighted by Crippen LogP contribution is 2.15. The lowest BCUT2D eigenvalue weighted by Crippen LogP contribution is -2.56. The predicted molar refractivity (Wildman–Crippen MR) is 133 cm³/mol. The molecule has 0 atom stereocenters. The minimum atomic E-state index is -0.395. The van der Waals surface area contributed by atoms with Crippen LogP contribution in [-0.2, 0) is 16.0 Å². The first-order valence-electron chi connectivity index (χ1n) is 10.6. The maximum atomic E-state index is 10.8. The average Bonchev–Trinajstić information content (AvgIpc) is 2.76. The number of hydrogen-bond donors (Lipinski definition) is 2. The van der Waals surface area contributed by atoms with E-state index in [0.717, 1.165) is 57.3 Å². The fourth-order valence-electron chi connectivity index (χ4n) is 3.17. The fraction of sp³-hybridized carbons (Fsp3) is 0.667. The van der Waals surface area contributed by atoms with Gasteiger partial charge < -0.3 is 20.1 Å². The Hall–Kier alpha value is -1.50. The topological polar surface area (TPSA) is 101 Å². The number of nitro benzene ring substituents is 1. The summed E-state index contributed by atoms with van der Waals surface area (Å²) in [5.41, 5.74) is 0.969. The van der Waals surface area contributed by atoms with E-state index in [1.807, 2.05) is 6.92 Å². The number of nitro groups is 1. The van der Waals surface area contributed by atoms with Gasteiger partial charge in [-0.3, -0.25) is 15.0 Å². The smallest absolute Gasteiger partial charge is 0.269 e. The molecule has 31 heavy (non-hydrogen) atoms. The van der Waals surface area contributed by atoms with Crippen LogP contribution in [0.2, 0.25) is 0 Å². The number of non-ortho nitro benzene ring substituents is 1. The monoisotopic (exact) mass is 549 g/mol. The van der Waals surface area contributed by atoms with Crippen LogP contribution in [0.15, 0.2) is 29.3 Å². The molecular weight excluding hydrogens is 513 g/mol. The zero-order valence-corrected chi connectivity index (χ0v) is 21.1. The largest absolute Gasteiger partial charge is 0.382 e. The highest BCUT2D eigenvalue weighted by atomic mass is 127. The maximum absolute atomic E-state index is 10.8. The van der Waals surface area contributed by atoms with Crippen molar-refractivity contribution in [3.8, 4) is 0 Å². The van der Waals surface area contributed by atoms with Gasteiger partial charge in [-0.25, -0.2) is 4.99 Å². The van der Waals surface area contributed by atoms with Crippen molar-refractivity contribution in [2.75, 3.05) is 52.6 Å². The third kappa shape index (κ3) is 10.1. The first-order valence-corrected chi connectivity index (χ1v) is 10.6. The number of rotatable bonds is 11. The Morgan fingerprint density at radius 3 is 2.55 bits per heavy atom. The number of nitrogens with zero attached hydrogens (tertiary/aromatic N) is 3. The summed E-state index contributed by atoms with van der Waals surface area (Å²) in [5.74, 6) is 0.728. The van der Waals surface area contributed by atoms with Gasteiger partial charge in [0.1, 0.15) is 0 Å². The van der Waals surface area contributed by atoms with Crippen LogP contribution >= 0.6 is 24.0 Å². The third-order valence-electron chi connectivity index (χ3n) is 5.08. The van der Waals surface area contributed by atoms with Gasteiger partial charge in [0.2, 0.25) is 0 Å². The molecule has 1 aliphatic heterocycles. The van der Waals surface area contributed by atoms with Gasteiger partial charge in [0, 0.05) is 57.1 Å². The Balaban J connectivity index is 0.00000480. The van der Waals surface area contributed by atoms with E-state index < -0.39 is 4.92 Å². The minimum Gasteiger partial charge on any atom is -0.382 e. The van der Waals surface area contributed by atoms with Gasteiger partial charge in [-0.2, -0.15) is 0 Å². The van der Waals surface area contributed by atoms with Gasteiger partial charge in [0.15, 0.2) is 5.96 Å². The first kappa shape index (κ1) is 27.5. The second-order valence-corrected chi connectivity index (χ2v) is 7.83. The first-order chi connectivity index (χ1) is 14.4. The molecule has 0 aliphatic carbocycles. The molecule has 1 aliphatic rings. The Kier molecular flexibility index (Phi) is 12.9. The molecule has 0 amide bonds. The number of guanidine groups is 1. The summed E-state index contributed by atoms with van der Waals surface area (Å²) in [4.78, 5) is 17.5. The molecule has 0 aromatic heterocycles. The van der Waals surface area contributed by atoms with Crippen LogP contribution in [0.5, 0.6) is 0 Å². The van der Waals surface area contributed by atoms with E-state index in [1.54, 1.807) is 12.1 Å². The molecule has 1 saturated heterocycles. The summed E-state index contributed by atoms with van der Waals surface area (Å²) >= 11 is 0. The molecule has 0 unspecified atom stereocenters. The van der Waals surface area contributed by atoms with Crippen molar-refractivity contribution in [3.63, 3.8) is 0 Å². The molecule has 9 nitrogen and oxygen atoms in total. The maximum Gasteiger partial charge on any atom is 0.269 e. The van der Waals surface area contributed by atoms with Crippen molar-refractivity contribution in [1.29, 1.82) is 0 Å². The van der Waals surface area contributed by atoms with Crippen molar-refractivity contribution in [1.82, 2.24) is 15.5 Å². The van der Waals surface area contributed by atoms with Crippen LogP contribution in [0.25, 0.3) is 0 Å². The summed E-state index contributed by atoms with van der Waals surface area (Å²) in [7, 11) is 0. The fourth-order valence-corrected chi connectivity index (χ4v) is 3.17. The molecule has 10 heteroatoms. The van der Waals surface area contributed by atoms with Crippen LogP contribution in [0, 0.1) is 10.1 Å². The molecule has 0 bridgehead atoms. The Morgan fingerprint density at radius 2 is 1.94 bits per heavy atom. The number of morpholine rings is 1. The summed E-state index contributed by atoms with van der Waals surface area (Å²) in [6, 6.07) is 6.50. The van der Waals surface area contributed by atoms with E-state index >= 15 is 0 Å². The molecule has 1 aromatic carbocycles. The van der Waals surface area contributed by atoms with E-state index in [2.05, 4.69) is 34.4 Å². The van der Waals surface area contributed by atoms with Crippen molar-refractivity contribution in [2.45, 2.75) is 39.3 Å². The van der Waals surface area contributed by atoms with Crippen molar-refractivity contribution in [2.24, 2.45) is 4.99 Å². The van der Waals surface area contributed by atoms with Gasteiger partial charge in [-0.1, -0.05) is 12.1 Å². The molecule has 0 spiro atoms. The van der Waals surface area contributed by atoms with E-state index in [-0.39, 0.29) is 35.2 Å². The lowest BCUT2D eigenvalue weighted by Gasteiger charge is -2.41. The summed E-state index contributed by atoms with van der Waals surface area (Å²) in [5, 5.41) is 17.6. The van der Waals surface area contributed by atoms with Crippen molar-refractivity contribution < 1.29 is 14.4 Å². The zero-order valence-electron chi connectivity index (χ0n) is 18.8. The second-order valence-electron chi connectivity index (χ2n) is 7.83. The quantitative estimate of drug-likeness (QED) is 0.109. The lowest BCUT2D eigenvalue weighted by molar-refractivity contribution is -0.384. The van der Waals surface area contributed by atoms with Crippen LogP contribution in [0.4, 0.5) is 5.69 Å². The molecule has 1 aromatic rings. The van der Waals surface area contributed by atoms with Crippen LogP contribution < -0.4 is 10.6 Å². The zero-order chi connectivity index (χ0) is 21.8. The Bertz CT molecular complexity index is 679. The Labute approximate surface area is 202 Å². The molecule has 1 heterocycles. The van der Waals surface area contributed by atoms with Gasteiger partial charge in [-0.15, -0.1) is 24.0 Å². The van der Waals surface area contributed by atoms with Gasteiger partial charge in [-0.05, 0) is 32.8 Å². The normalized spacial score (nSPS) is 15.3. The highest BCUT2D eigenvalue weighted by Gasteiger charge is 2.28. The van der Waals surface area contributed by atoms with Gasteiger partial charge in [0.05, 0.1) is 24.7 Å². The average molecular weight is 549 g/mol. The second kappa shape index (κ2) is 14.5. The SMILES string of the molecule is CCOCCCNC(=NCc1ccc([N+](=O)[O-])cc1)NCC(C)(C)N1CCOCC1.I. The number of ether oxygens (including phenoxy) is 2. The standard InChI is InChI=1S/C21H35N5O4.HI/c1-4-29-13-5-10-22-20(23-16-18-6-8-19(9-7-18)26(27)28)24-17-21(2,3)25-11-14-30-15-12-25;/h6-9H,4-5,10-17H2,1-3H3,(H2,22,23,24);1H. The molecule has 2 N–H and O–H groups in total.